The standard InChI is InChI=1S/C18H21NO3S/c1-4-6-14-8-9-16(17(11-14)21-3)22-13-18(20)19(2)12-15-7-5-10-23-15/h4-11H,12-13H2,1-3H3. The lowest BCUT2D eigenvalue weighted by molar-refractivity contribution is -0.132. The van der Waals surface area contributed by atoms with Crippen LogP contribution in [0.25, 0.3) is 6.08 Å². The minimum Gasteiger partial charge on any atom is -0.493 e. The zero-order valence-corrected chi connectivity index (χ0v) is 14.4. The van der Waals surface area contributed by atoms with E-state index in [9.17, 15) is 4.79 Å². The summed E-state index contributed by atoms with van der Waals surface area (Å²) in [4.78, 5) is 15.0. The lowest BCUT2D eigenvalue weighted by atomic mass is 10.2. The van der Waals surface area contributed by atoms with E-state index in [2.05, 4.69) is 0 Å². The van der Waals surface area contributed by atoms with E-state index in [-0.39, 0.29) is 12.5 Å². The van der Waals surface area contributed by atoms with Gasteiger partial charge in [-0.15, -0.1) is 11.3 Å². The Morgan fingerprint density at radius 1 is 1.30 bits per heavy atom. The van der Waals surface area contributed by atoms with Gasteiger partial charge in [0.05, 0.1) is 13.7 Å². The van der Waals surface area contributed by atoms with Gasteiger partial charge in [-0.25, -0.2) is 0 Å². The molecule has 0 aliphatic rings. The molecular weight excluding hydrogens is 310 g/mol. The number of carbonyl (C=O) groups excluding carboxylic acids is 1. The number of benzene rings is 1. The smallest absolute Gasteiger partial charge is 0.260 e. The zero-order valence-electron chi connectivity index (χ0n) is 13.6. The van der Waals surface area contributed by atoms with E-state index in [4.69, 9.17) is 9.47 Å². The van der Waals surface area contributed by atoms with E-state index in [1.165, 1.54) is 0 Å². The molecule has 0 bridgehead atoms. The van der Waals surface area contributed by atoms with Crippen LogP contribution in [-0.4, -0.2) is 31.6 Å². The Hall–Kier alpha value is -2.27. The van der Waals surface area contributed by atoms with Crippen molar-refractivity contribution in [2.75, 3.05) is 20.8 Å². The SMILES string of the molecule is CC=Cc1ccc(OCC(=O)N(C)Cc2cccs2)c(OC)c1. The molecule has 0 spiro atoms. The molecule has 5 heteroatoms. The Morgan fingerprint density at radius 3 is 2.78 bits per heavy atom. The maximum atomic E-state index is 12.2. The summed E-state index contributed by atoms with van der Waals surface area (Å²) in [5.41, 5.74) is 1.03. The predicted molar refractivity (Wildman–Crippen MR) is 94.0 cm³/mol. The highest BCUT2D eigenvalue weighted by Gasteiger charge is 2.12. The van der Waals surface area contributed by atoms with Gasteiger partial charge >= 0.3 is 0 Å². The monoisotopic (exact) mass is 331 g/mol. The maximum absolute atomic E-state index is 12.2. The van der Waals surface area contributed by atoms with Gasteiger partial charge in [0.15, 0.2) is 18.1 Å². The Labute approximate surface area is 141 Å². The summed E-state index contributed by atoms with van der Waals surface area (Å²) < 4.78 is 11.0. The second-order valence-corrected chi connectivity index (χ2v) is 6.06. The molecule has 23 heavy (non-hydrogen) atoms. The summed E-state index contributed by atoms with van der Waals surface area (Å²) in [5.74, 6) is 1.12. The fourth-order valence-electron chi connectivity index (χ4n) is 2.07. The fourth-order valence-corrected chi connectivity index (χ4v) is 2.83. The molecule has 0 unspecified atom stereocenters. The van der Waals surface area contributed by atoms with Crippen molar-refractivity contribution in [3.8, 4) is 11.5 Å². The first-order chi connectivity index (χ1) is 11.1. The van der Waals surface area contributed by atoms with Crippen LogP contribution in [0.1, 0.15) is 17.4 Å². The number of hydrogen-bond acceptors (Lipinski definition) is 4. The summed E-state index contributed by atoms with van der Waals surface area (Å²) in [6.45, 7) is 2.54. The van der Waals surface area contributed by atoms with Crippen molar-refractivity contribution in [2.24, 2.45) is 0 Å². The molecule has 0 aliphatic heterocycles. The van der Waals surface area contributed by atoms with Gasteiger partial charge in [0.1, 0.15) is 0 Å². The van der Waals surface area contributed by atoms with Crippen LogP contribution in [0.15, 0.2) is 41.8 Å². The molecule has 2 aromatic rings. The largest absolute Gasteiger partial charge is 0.493 e. The number of carbonyl (C=O) groups is 1. The number of allylic oxidation sites excluding steroid dienone is 1. The summed E-state index contributed by atoms with van der Waals surface area (Å²) >= 11 is 1.63. The van der Waals surface area contributed by atoms with Gasteiger partial charge in [0.25, 0.3) is 5.91 Å². The summed E-state index contributed by atoms with van der Waals surface area (Å²) in [6, 6.07) is 9.62. The molecule has 1 amide bonds. The van der Waals surface area contributed by atoms with Gasteiger partial charge < -0.3 is 14.4 Å². The van der Waals surface area contributed by atoms with Gasteiger partial charge in [-0.3, -0.25) is 4.79 Å². The molecule has 2 rings (SSSR count). The molecule has 0 radical (unpaired) electrons. The summed E-state index contributed by atoms with van der Waals surface area (Å²) in [7, 11) is 3.37. The molecule has 0 aliphatic carbocycles. The molecule has 122 valence electrons. The van der Waals surface area contributed by atoms with Crippen molar-refractivity contribution in [1.29, 1.82) is 0 Å². The number of thiophene rings is 1. The second kappa shape index (κ2) is 8.39. The lowest BCUT2D eigenvalue weighted by Crippen LogP contribution is -2.30. The van der Waals surface area contributed by atoms with Crippen LogP contribution in [0, 0.1) is 0 Å². The Morgan fingerprint density at radius 2 is 2.13 bits per heavy atom. The Balaban J connectivity index is 1.95. The van der Waals surface area contributed by atoms with Gasteiger partial charge in [-0.05, 0) is 36.1 Å². The average molecular weight is 331 g/mol. The van der Waals surface area contributed by atoms with Crippen LogP contribution < -0.4 is 9.47 Å². The zero-order chi connectivity index (χ0) is 16.7. The molecule has 0 saturated heterocycles. The molecule has 1 aromatic carbocycles. The van der Waals surface area contributed by atoms with Crippen LogP contribution in [0.3, 0.4) is 0 Å². The summed E-state index contributed by atoms with van der Waals surface area (Å²) in [6.07, 6.45) is 3.94. The van der Waals surface area contributed by atoms with Gasteiger partial charge in [-0.1, -0.05) is 24.3 Å². The van der Waals surface area contributed by atoms with E-state index < -0.39 is 0 Å². The first-order valence-electron chi connectivity index (χ1n) is 7.34. The number of rotatable bonds is 7. The highest BCUT2D eigenvalue weighted by Crippen LogP contribution is 2.28. The lowest BCUT2D eigenvalue weighted by Gasteiger charge is -2.17. The van der Waals surface area contributed by atoms with Crippen molar-refractivity contribution in [3.63, 3.8) is 0 Å². The van der Waals surface area contributed by atoms with Crippen LogP contribution in [0.4, 0.5) is 0 Å². The van der Waals surface area contributed by atoms with E-state index in [0.29, 0.717) is 18.0 Å². The van der Waals surface area contributed by atoms with E-state index in [1.807, 2.05) is 54.8 Å². The molecule has 0 atom stereocenters. The van der Waals surface area contributed by atoms with Crippen LogP contribution >= 0.6 is 11.3 Å². The molecule has 0 fully saturated rings. The highest BCUT2D eigenvalue weighted by molar-refractivity contribution is 7.09. The summed E-state index contributed by atoms with van der Waals surface area (Å²) in [5, 5.41) is 2.00. The Kier molecular flexibility index (Phi) is 6.23. The van der Waals surface area contributed by atoms with Crippen molar-refractivity contribution < 1.29 is 14.3 Å². The van der Waals surface area contributed by atoms with E-state index in [1.54, 1.807) is 30.4 Å². The van der Waals surface area contributed by atoms with Gasteiger partial charge in [-0.2, -0.15) is 0 Å². The average Bonchev–Trinajstić information content (AvgIpc) is 3.06. The van der Waals surface area contributed by atoms with Crippen molar-refractivity contribution >= 4 is 23.3 Å². The first-order valence-corrected chi connectivity index (χ1v) is 8.22. The quantitative estimate of drug-likeness (QED) is 0.774. The first kappa shape index (κ1) is 17.1. The van der Waals surface area contributed by atoms with Gasteiger partial charge in [0, 0.05) is 11.9 Å². The number of likely N-dealkylation sites (N-methyl/N-ethyl adjacent to an activating group) is 1. The normalized spacial score (nSPS) is 10.7. The number of nitrogens with zero attached hydrogens (tertiary/aromatic N) is 1. The molecule has 4 nitrogen and oxygen atoms in total. The molecule has 0 saturated carbocycles. The molecule has 0 N–H and O–H groups in total. The van der Waals surface area contributed by atoms with Crippen molar-refractivity contribution in [1.82, 2.24) is 4.90 Å². The predicted octanol–water partition coefficient (Wildman–Crippen LogP) is 3.83. The highest BCUT2D eigenvalue weighted by atomic mass is 32.1. The number of hydrogen-bond donors (Lipinski definition) is 0. The molecule has 1 heterocycles. The minimum absolute atomic E-state index is 0.0127. The third-order valence-electron chi connectivity index (χ3n) is 3.30. The Bertz CT molecular complexity index is 665. The third kappa shape index (κ3) is 4.86. The maximum Gasteiger partial charge on any atom is 0.260 e. The topological polar surface area (TPSA) is 38.8 Å². The fraction of sp³-hybridized carbons (Fsp3) is 0.278. The van der Waals surface area contributed by atoms with E-state index in [0.717, 1.165) is 10.4 Å². The van der Waals surface area contributed by atoms with Crippen molar-refractivity contribution in [3.05, 3.63) is 52.2 Å². The number of ether oxygens (including phenoxy) is 2. The number of methoxy groups -OCH3 is 1. The second-order valence-electron chi connectivity index (χ2n) is 5.03. The van der Waals surface area contributed by atoms with E-state index >= 15 is 0 Å². The van der Waals surface area contributed by atoms with Gasteiger partial charge in [0.2, 0.25) is 0 Å². The van der Waals surface area contributed by atoms with Crippen LogP contribution in [0.2, 0.25) is 0 Å². The molecule has 1 aromatic heterocycles. The molecular formula is C18H21NO3S. The third-order valence-corrected chi connectivity index (χ3v) is 4.16. The minimum atomic E-state index is -0.0713. The van der Waals surface area contributed by atoms with Crippen LogP contribution in [-0.2, 0) is 11.3 Å². The van der Waals surface area contributed by atoms with Crippen molar-refractivity contribution in [2.45, 2.75) is 13.5 Å². The van der Waals surface area contributed by atoms with Crippen LogP contribution in [0.5, 0.6) is 11.5 Å². The number of amides is 1.